The second kappa shape index (κ2) is 12.2. The zero-order chi connectivity index (χ0) is 27.9. The van der Waals surface area contributed by atoms with Crippen LogP contribution < -0.4 is 10.5 Å². The standard InChI is InChI=1S/C25H28N4O.C4H4O4/c1-17(16-26)25(3,4)30-21-12-8-11-20(15-21)29-24-22(14-13-18(2)27-24)23(28-29)19-9-6-5-7-10-19;5-3(6)1-2-4(7)8/h5-15,17H,16,26H2,1-4H3;1-2H,(H,5,6)(H,7,8). The molecular formula is C29H32N4O5. The average Bonchev–Trinajstić information content (AvgIpc) is 3.26. The number of carboxylic acids is 2. The van der Waals surface area contributed by atoms with Crippen LogP contribution in [0.2, 0.25) is 0 Å². The van der Waals surface area contributed by atoms with E-state index in [0.717, 1.165) is 39.4 Å². The van der Waals surface area contributed by atoms with Gasteiger partial charge in [-0.1, -0.05) is 43.3 Å². The molecule has 0 saturated heterocycles. The van der Waals surface area contributed by atoms with Crippen molar-refractivity contribution in [2.75, 3.05) is 6.54 Å². The van der Waals surface area contributed by atoms with E-state index in [1.807, 2.05) is 60.1 Å². The molecule has 2 heterocycles. The van der Waals surface area contributed by atoms with Gasteiger partial charge in [-0.25, -0.2) is 19.3 Å². The van der Waals surface area contributed by atoms with Gasteiger partial charge < -0.3 is 20.7 Å². The SMILES string of the molecule is Cc1ccc2c(-c3ccccc3)nn(-c3cccc(OC(C)(C)C(C)CN)c3)c2n1.O=C(O)C=CC(=O)O. The highest BCUT2D eigenvalue weighted by Gasteiger charge is 2.27. The van der Waals surface area contributed by atoms with Crippen molar-refractivity contribution in [3.05, 3.63) is 84.6 Å². The Hall–Kier alpha value is -4.50. The maximum atomic E-state index is 9.55. The largest absolute Gasteiger partial charge is 0.487 e. The summed E-state index contributed by atoms with van der Waals surface area (Å²) in [4.78, 5) is 23.9. The third-order valence-electron chi connectivity index (χ3n) is 6.07. The van der Waals surface area contributed by atoms with Crippen molar-refractivity contribution >= 4 is 23.0 Å². The van der Waals surface area contributed by atoms with E-state index >= 15 is 0 Å². The number of fused-ring (bicyclic) bond motifs is 1. The Morgan fingerprint density at radius 1 is 1.03 bits per heavy atom. The molecule has 0 amide bonds. The van der Waals surface area contributed by atoms with Crippen LogP contribution in [-0.2, 0) is 9.59 Å². The summed E-state index contributed by atoms with van der Waals surface area (Å²) in [5.41, 5.74) is 10.2. The van der Waals surface area contributed by atoms with Crippen LogP contribution in [0.3, 0.4) is 0 Å². The van der Waals surface area contributed by atoms with Gasteiger partial charge in [-0.05, 0) is 51.6 Å². The van der Waals surface area contributed by atoms with Crippen molar-refractivity contribution in [1.29, 1.82) is 0 Å². The molecule has 38 heavy (non-hydrogen) atoms. The summed E-state index contributed by atoms with van der Waals surface area (Å²) in [6.07, 6.45) is 1.12. The van der Waals surface area contributed by atoms with Crippen LogP contribution in [0.1, 0.15) is 26.5 Å². The summed E-state index contributed by atoms with van der Waals surface area (Å²) in [6, 6.07) is 22.3. The van der Waals surface area contributed by atoms with Crippen LogP contribution in [0, 0.1) is 12.8 Å². The number of carbonyl (C=O) groups is 2. The van der Waals surface area contributed by atoms with Crippen molar-refractivity contribution in [2.45, 2.75) is 33.3 Å². The molecule has 198 valence electrons. The smallest absolute Gasteiger partial charge is 0.328 e. The number of aliphatic carboxylic acids is 2. The van der Waals surface area contributed by atoms with E-state index in [1.165, 1.54) is 0 Å². The van der Waals surface area contributed by atoms with Crippen LogP contribution in [0.5, 0.6) is 5.75 Å². The highest BCUT2D eigenvalue weighted by atomic mass is 16.5. The number of benzene rings is 2. The van der Waals surface area contributed by atoms with E-state index < -0.39 is 11.9 Å². The summed E-state index contributed by atoms with van der Waals surface area (Å²) >= 11 is 0. The van der Waals surface area contributed by atoms with Crippen LogP contribution in [0.15, 0.2) is 78.9 Å². The van der Waals surface area contributed by atoms with Crippen LogP contribution in [0.25, 0.3) is 28.0 Å². The topological polar surface area (TPSA) is 141 Å². The number of ether oxygens (including phenoxy) is 1. The first-order chi connectivity index (χ1) is 18.0. The van der Waals surface area contributed by atoms with Gasteiger partial charge in [0.2, 0.25) is 0 Å². The molecule has 4 aromatic rings. The van der Waals surface area contributed by atoms with Crippen LogP contribution in [0.4, 0.5) is 0 Å². The Kier molecular flexibility index (Phi) is 8.98. The lowest BCUT2D eigenvalue weighted by molar-refractivity contribution is -0.134. The molecule has 0 aliphatic heterocycles. The molecular weight excluding hydrogens is 484 g/mol. The first-order valence-corrected chi connectivity index (χ1v) is 12.1. The zero-order valence-corrected chi connectivity index (χ0v) is 21.8. The number of nitrogens with two attached hydrogens (primary N) is 1. The molecule has 9 heteroatoms. The van der Waals surface area contributed by atoms with E-state index in [-0.39, 0.29) is 11.5 Å². The van der Waals surface area contributed by atoms with Crippen molar-refractivity contribution in [2.24, 2.45) is 11.7 Å². The zero-order valence-electron chi connectivity index (χ0n) is 21.8. The minimum atomic E-state index is -1.26. The third-order valence-corrected chi connectivity index (χ3v) is 6.07. The summed E-state index contributed by atoms with van der Waals surface area (Å²) in [6.45, 7) is 8.80. The molecule has 1 atom stereocenters. The van der Waals surface area contributed by atoms with Crippen molar-refractivity contribution in [3.8, 4) is 22.7 Å². The molecule has 0 aliphatic rings. The fourth-order valence-corrected chi connectivity index (χ4v) is 3.59. The number of hydrogen-bond donors (Lipinski definition) is 3. The lowest BCUT2D eigenvalue weighted by Crippen LogP contribution is -2.39. The Morgan fingerprint density at radius 3 is 2.29 bits per heavy atom. The molecule has 1 unspecified atom stereocenters. The highest BCUT2D eigenvalue weighted by molar-refractivity contribution is 5.92. The van der Waals surface area contributed by atoms with Gasteiger partial charge in [0.25, 0.3) is 0 Å². The second-order valence-corrected chi connectivity index (χ2v) is 9.30. The summed E-state index contributed by atoms with van der Waals surface area (Å²) in [7, 11) is 0. The summed E-state index contributed by atoms with van der Waals surface area (Å²) in [5.74, 6) is -1.50. The predicted molar refractivity (Wildman–Crippen MR) is 146 cm³/mol. The molecule has 0 bridgehead atoms. The molecule has 4 N–H and O–H groups in total. The van der Waals surface area contributed by atoms with E-state index in [2.05, 4.69) is 39.0 Å². The monoisotopic (exact) mass is 516 g/mol. The van der Waals surface area contributed by atoms with Gasteiger partial charge in [0.1, 0.15) is 17.0 Å². The van der Waals surface area contributed by atoms with E-state index in [9.17, 15) is 9.59 Å². The molecule has 0 aliphatic carbocycles. The van der Waals surface area contributed by atoms with Gasteiger partial charge in [-0.3, -0.25) is 0 Å². The minimum absolute atomic E-state index is 0.223. The lowest BCUT2D eigenvalue weighted by atomic mass is 9.93. The first-order valence-electron chi connectivity index (χ1n) is 12.1. The van der Waals surface area contributed by atoms with E-state index in [4.69, 9.17) is 30.8 Å². The van der Waals surface area contributed by atoms with Gasteiger partial charge in [0, 0.05) is 40.8 Å². The maximum absolute atomic E-state index is 9.55. The molecule has 0 saturated carbocycles. The fourth-order valence-electron chi connectivity index (χ4n) is 3.59. The van der Waals surface area contributed by atoms with E-state index in [1.54, 1.807) is 0 Å². The number of hydrogen-bond acceptors (Lipinski definition) is 6. The van der Waals surface area contributed by atoms with Gasteiger partial charge in [-0.15, -0.1) is 0 Å². The van der Waals surface area contributed by atoms with E-state index in [0.29, 0.717) is 18.7 Å². The van der Waals surface area contributed by atoms with Crippen molar-refractivity contribution in [1.82, 2.24) is 14.8 Å². The number of rotatable bonds is 8. The number of aryl methyl sites for hydroxylation is 1. The number of aromatic nitrogens is 3. The Bertz CT molecular complexity index is 1430. The Balaban J connectivity index is 0.000000436. The van der Waals surface area contributed by atoms with Gasteiger partial charge in [-0.2, -0.15) is 5.10 Å². The third kappa shape index (κ3) is 7.04. The van der Waals surface area contributed by atoms with Gasteiger partial charge in [0.15, 0.2) is 5.65 Å². The normalized spacial score (nSPS) is 12.1. The number of pyridine rings is 1. The number of carboxylic acid groups (broad SMARTS) is 2. The summed E-state index contributed by atoms with van der Waals surface area (Å²) < 4.78 is 8.20. The Labute approximate surface area is 221 Å². The molecule has 0 radical (unpaired) electrons. The van der Waals surface area contributed by atoms with Gasteiger partial charge in [0.05, 0.1) is 5.69 Å². The first kappa shape index (κ1) is 28.1. The molecule has 2 aromatic carbocycles. The molecule has 9 nitrogen and oxygen atoms in total. The quantitative estimate of drug-likeness (QED) is 0.282. The van der Waals surface area contributed by atoms with Gasteiger partial charge >= 0.3 is 11.9 Å². The van der Waals surface area contributed by atoms with Crippen LogP contribution >= 0.6 is 0 Å². The lowest BCUT2D eigenvalue weighted by Gasteiger charge is -2.32. The van der Waals surface area contributed by atoms with Crippen LogP contribution in [-0.4, -0.2) is 49.1 Å². The maximum Gasteiger partial charge on any atom is 0.328 e. The number of nitrogens with zero attached hydrogens (tertiary/aromatic N) is 3. The Morgan fingerprint density at radius 2 is 1.68 bits per heavy atom. The predicted octanol–water partition coefficient (Wildman–Crippen LogP) is 4.86. The molecule has 0 spiro atoms. The molecule has 2 aromatic heterocycles. The molecule has 0 fully saturated rings. The highest BCUT2D eigenvalue weighted by Crippen LogP contribution is 2.31. The summed E-state index contributed by atoms with van der Waals surface area (Å²) in [5, 5.41) is 21.6. The molecule has 4 rings (SSSR count). The van der Waals surface area contributed by atoms with Crippen molar-refractivity contribution in [3.63, 3.8) is 0 Å². The average molecular weight is 517 g/mol. The minimum Gasteiger partial charge on any atom is -0.487 e. The van der Waals surface area contributed by atoms with Crippen molar-refractivity contribution < 1.29 is 24.5 Å². The fraction of sp³-hybridized carbons (Fsp3) is 0.241. The second-order valence-electron chi connectivity index (χ2n) is 9.30.